The topological polar surface area (TPSA) is 35.4 Å². The predicted octanol–water partition coefficient (Wildman–Crippen LogP) is 1.93. The summed E-state index contributed by atoms with van der Waals surface area (Å²) in [5.41, 5.74) is 3.86. The average Bonchev–Trinajstić information content (AvgIpc) is 2.69. The lowest BCUT2D eigenvalue weighted by atomic mass is 10.1. The summed E-state index contributed by atoms with van der Waals surface area (Å²) in [7, 11) is 5.07. The van der Waals surface area contributed by atoms with Gasteiger partial charge in [-0.05, 0) is 48.9 Å². The second-order valence-corrected chi connectivity index (χ2v) is 6.75. The highest BCUT2D eigenvalue weighted by molar-refractivity contribution is 5.49. The number of hydrogen-bond donors (Lipinski definition) is 1. The maximum absolute atomic E-state index is 5.46. The molecule has 2 aromatic rings. The van der Waals surface area contributed by atoms with E-state index in [0.29, 0.717) is 0 Å². The fraction of sp³-hybridized carbons (Fsp3) is 0.429. The van der Waals surface area contributed by atoms with Crippen LogP contribution < -0.4 is 24.0 Å². The van der Waals surface area contributed by atoms with Gasteiger partial charge in [-0.25, -0.2) is 0 Å². The smallest absolute Gasteiger partial charge is 0.161 e. The van der Waals surface area contributed by atoms with E-state index in [1.165, 1.54) is 16.8 Å². The molecule has 0 saturated carbocycles. The van der Waals surface area contributed by atoms with Crippen molar-refractivity contribution in [1.82, 2.24) is 0 Å². The minimum absolute atomic E-state index is 0.799. The van der Waals surface area contributed by atoms with E-state index in [1.54, 1.807) is 26.2 Å². The summed E-state index contributed by atoms with van der Waals surface area (Å²) in [6, 6.07) is 12.5. The minimum atomic E-state index is 0.799. The van der Waals surface area contributed by atoms with E-state index in [0.717, 1.165) is 50.0 Å². The van der Waals surface area contributed by atoms with Crippen molar-refractivity contribution in [3.8, 4) is 17.2 Å². The van der Waals surface area contributed by atoms with E-state index in [9.17, 15) is 0 Å². The Morgan fingerprint density at radius 3 is 2.08 bits per heavy atom. The Kier molecular flexibility index (Phi) is 5.89. The van der Waals surface area contributed by atoms with Gasteiger partial charge in [-0.2, -0.15) is 0 Å². The Balaban J connectivity index is 1.61. The van der Waals surface area contributed by atoms with Gasteiger partial charge in [0.05, 0.1) is 47.5 Å². The molecule has 0 bridgehead atoms. The Morgan fingerprint density at radius 1 is 0.885 bits per heavy atom. The van der Waals surface area contributed by atoms with Crippen molar-refractivity contribution in [3.63, 3.8) is 0 Å². The summed E-state index contributed by atoms with van der Waals surface area (Å²) in [5.74, 6) is 2.51. The number of piperazine rings is 1. The van der Waals surface area contributed by atoms with E-state index in [-0.39, 0.29) is 0 Å². The molecule has 0 aromatic heterocycles. The molecule has 1 aliphatic rings. The highest BCUT2D eigenvalue weighted by atomic mass is 16.5. The first-order valence-corrected chi connectivity index (χ1v) is 9.08. The van der Waals surface area contributed by atoms with E-state index in [1.807, 2.05) is 12.1 Å². The largest absolute Gasteiger partial charge is 0.497 e. The van der Waals surface area contributed by atoms with Gasteiger partial charge < -0.3 is 24.0 Å². The van der Waals surface area contributed by atoms with Crippen LogP contribution in [-0.2, 0) is 6.54 Å². The van der Waals surface area contributed by atoms with Crippen molar-refractivity contribution in [2.75, 3.05) is 52.4 Å². The van der Waals surface area contributed by atoms with Crippen LogP contribution in [0.1, 0.15) is 11.1 Å². The maximum Gasteiger partial charge on any atom is 0.161 e. The fourth-order valence-corrected chi connectivity index (χ4v) is 3.53. The number of hydrogen-bond acceptors (Lipinski definition) is 4. The van der Waals surface area contributed by atoms with Gasteiger partial charge in [-0.3, -0.25) is 0 Å². The van der Waals surface area contributed by atoms with Crippen LogP contribution >= 0.6 is 0 Å². The lowest BCUT2D eigenvalue weighted by Gasteiger charge is -2.34. The van der Waals surface area contributed by atoms with Crippen LogP contribution in [0.2, 0.25) is 0 Å². The standard InChI is InChI=1S/C21H28N2O3/c1-16-13-20(25-3)21(26-4)14-17(16)15-22-9-11-23(12-10-22)18-5-7-19(24-2)8-6-18/h5-8,13-14H,9-12,15H2,1-4H3/p+1. The van der Waals surface area contributed by atoms with Gasteiger partial charge in [-0.15, -0.1) is 0 Å². The zero-order valence-electron chi connectivity index (χ0n) is 16.2. The third-order valence-electron chi connectivity index (χ3n) is 5.19. The van der Waals surface area contributed by atoms with Crippen LogP contribution in [0, 0.1) is 6.92 Å². The van der Waals surface area contributed by atoms with Crippen molar-refractivity contribution in [1.29, 1.82) is 0 Å². The van der Waals surface area contributed by atoms with Gasteiger partial charge >= 0.3 is 0 Å². The lowest BCUT2D eigenvalue weighted by molar-refractivity contribution is -0.914. The number of quaternary nitrogens is 1. The molecule has 5 heteroatoms. The first kappa shape index (κ1) is 18.4. The van der Waals surface area contributed by atoms with Gasteiger partial charge in [-0.1, -0.05) is 0 Å². The number of benzene rings is 2. The summed E-state index contributed by atoms with van der Waals surface area (Å²) in [6.07, 6.45) is 0. The monoisotopic (exact) mass is 357 g/mol. The molecule has 1 heterocycles. The number of nitrogens with one attached hydrogen (secondary N) is 1. The molecule has 1 fully saturated rings. The van der Waals surface area contributed by atoms with Gasteiger partial charge in [0.15, 0.2) is 11.5 Å². The van der Waals surface area contributed by atoms with Gasteiger partial charge in [0.1, 0.15) is 12.3 Å². The minimum Gasteiger partial charge on any atom is -0.497 e. The molecule has 140 valence electrons. The van der Waals surface area contributed by atoms with Crippen molar-refractivity contribution in [2.24, 2.45) is 0 Å². The molecule has 3 rings (SSSR count). The Hall–Kier alpha value is -2.40. The van der Waals surface area contributed by atoms with Crippen molar-refractivity contribution < 1.29 is 19.1 Å². The molecule has 1 aliphatic heterocycles. The SMILES string of the molecule is COc1ccc(N2CC[NH+](Cc3cc(OC)c(OC)cc3C)CC2)cc1. The van der Waals surface area contributed by atoms with Crippen LogP contribution in [0.5, 0.6) is 17.2 Å². The summed E-state index contributed by atoms with van der Waals surface area (Å²) in [6.45, 7) is 7.54. The number of aryl methyl sites for hydroxylation is 1. The number of rotatable bonds is 6. The number of methoxy groups -OCH3 is 3. The number of anilines is 1. The molecule has 0 radical (unpaired) electrons. The quantitative estimate of drug-likeness (QED) is 0.857. The summed E-state index contributed by atoms with van der Waals surface area (Å²) >= 11 is 0. The Bertz CT molecular complexity index is 723. The highest BCUT2D eigenvalue weighted by Gasteiger charge is 2.21. The predicted molar refractivity (Wildman–Crippen MR) is 104 cm³/mol. The van der Waals surface area contributed by atoms with E-state index in [4.69, 9.17) is 14.2 Å². The first-order valence-electron chi connectivity index (χ1n) is 9.08. The molecule has 26 heavy (non-hydrogen) atoms. The van der Waals surface area contributed by atoms with Gasteiger partial charge in [0, 0.05) is 11.3 Å². The van der Waals surface area contributed by atoms with E-state index >= 15 is 0 Å². The molecular formula is C21H29N2O3+. The fourth-order valence-electron chi connectivity index (χ4n) is 3.53. The van der Waals surface area contributed by atoms with Gasteiger partial charge in [0.2, 0.25) is 0 Å². The highest BCUT2D eigenvalue weighted by Crippen LogP contribution is 2.30. The Labute approximate surface area is 156 Å². The molecule has 0 amide bonds. The van der Waals surface area contributed by atoms with Crippen molar-refractivity contribution in [2.45, 2.75) is 13.5 Å². The van der Waals surface area contributed by atoms with Crippen LogP contribution in [0.3, 0.4) is 0 Å². The van der Waals surface area contributed by atoms with Crippen molar-refractivity contribution >= 4 is 5.69 Å². The van der Waals surface area contributed by atoms with Crippen LogP contribution in [0.4, 0.5) is 5.69 Å². The molecule has 5 nitrogen and oxygen atoms in total. The maximum atomic E-state index is 5.46. The third kappa shape index (κ3) is 4.05. The van der Waals surface area contributed by atoms with Crippen LogP contribution in [-0.4, -0.2) is 47.5 Å². The van der Waals surface area contributed by atoms with Crippen LogP contribution in [0.25, 0.3) is 0 Å². The molecular weight excluding hydrogens is 328 g/mol. The Morgan fingerprint density at radius 2 is 1.50 bits per heavy atom. The normalized spacial score (nSPS) is 15.0. The molecule has 0 unspecified atom stereocenters. The van der Waals surface area contributed by atoms with Crippen LogP contribution in [0.15, 0.2) is 36.4 Å². The summed E-state index contributed by atoms with van der Waals surface area (Å²) < 4.78 is 16.1. The van der Waals surface area contributed by atoms with Crippen molar-refractivity contribution in [3.05, 3.63) is 47.5 Å². The molecule has 0 atom stereocenters. The molecule has 0 aliphatic carbocycles. The van der Waals surface area contributed by atoms with Gasteiger partial charge in [0.25, 0.3) is 0 Å². The lowest BCUT2D eigenvalue weighted by Crippen LogP contribution is -3.13. The number of nitrogens with zero attached hydrogens (tertiary/aromatic N) is 1. The van der Waals surface area contributed by atoms with E-state index < -0.39 is 0 Å². The number of ether oxygens (including phenoxy) is 3. The average molecular weight is 357 g/mol. The zero-order valence-corrected chi connectivity index (χ0v) is 16.2. The molecule has 0 spiro atoms. The molecule has 1 saturated heterocycles. The molecule has 1 N–H and O–H groups in total. The zero-order chi connectivity index (χ0) is 18.5. The third-order valence-corrected chi connectivity index (χ3v) is 5.19. The van der Waals surface area contributed by atoms with E-state index in [2.05, 4.69) is 36.1 Å². The summed E-state index contributed by atoms with van der Waals surface area (Å²) in [4.78, 5) is 4.05. The summed E-state index contributed by atoms with van der Waals surface area (Å²) in [5, 5.41) is 0. The molecule has 2 aromatic carbocycles. The second kappa shape index (κ2) is 8.32. The first-order chi connectivity index (χ1) is 12.6. The second-order valence-electron chi connectivity index (χ2n) is 6.75.